The summed E-state index contributed by atoms with van der Waals surface area (Å²) in [4.78, 5) is 23.4. The quantitative estimate of drug-likeness (QED) is 0.799. The summed E-state index contributed by atoms with van der Waals surface area (Å²) in [6, 6.07) is 3.45. The van der Waals surface area contributed by atoms with Gasteiger partial charge in [-0.05, 0) is 25.0 Å². The van der Waals surface area contributed by atoms with Gasteiger partial charge in [-0.25, -0.2) is 0 Å². The predicted molar refractivity (Wildman–Crippen MR) is 75.6 cm³/mol. The Kier molecular flexibility index (Phi) is 4.44. The number of rotatable bonds is 4. The summed E-state index contributed by atoms with van der Waals surface area (Å²) in [6.45, 7) is 0.911. The van der Waals surface area contributed by atoms with E-state index in [0.29, 0.717) is 12.4 Å². The lowest BCUT2D eigenvalue weighted by Crippen LogP contribution is -2.43. The number of nitrogens with one attached hydrogen (secondary N) is 2. The van der Waals surface area contributed by atoms with Gasteiger partial charge >= 0.3 is 11.8 Å². The van der Waals surface area contributed by atoms with Crippen LogP contribution in [0.4, 0.5) is 0 Å². The SMILES string of the molecule is O=C(NCc1ccco1)C(=O)NCC1COC2(CCCC2)O1. The monoisotopic (exact) mass is 308 g/mol. The van der Waals surface area contributed by atoms with Crippen molar-refractivity contribution in [1.82, 2.24) is 10.6 Å². The third kappa shape index (κ3) is 3.48. The number of amides is 2. The number of carbonyl (C=O) groups is 2. The fourth-order valence-corrected chi connectivity index (χ4v) is 2.84. The average Bonchev–Trinajstić information content (AvgIpc) is 3.26. The van der Waals surface area contributed by atoms with Crippen molar-refractivity contribution in [2.24, 2.45) is 0 Å². The van der Waals surface area contributed by atoms with Gasteiger partial charge in [0.25, 0.3) is 0 Å². The predicted octanol–water partition coefficient (Wildman–Crippen LogP) is 0.698. The highest BCUT2D eigenvalue weighted by Crippen LogP contribution is 2.38. The topological polar surface area (TPSA) is 89.8 Å². The van der Waals surface area contributed by atoms with Gasteiger partial charge in [0.15, 0.2) is 5.79 Å². The molecule has 2 aliphatic rings. The van der Waals surface area contributed by atoms with Crippen molar-refractivity contribution < 1.29 is 23.5 Å². The van der Waals surface area contributed by atoms with Crippen molar-refractivity contribution in [3.63, 3.8) is 0 Å². The van der Waals surface area contributed by atoms with Crippen molar-refractivity contribution in [2.45, 2.75) is 44.1 Å². The molecule has 7 nitrogen and oxygen atoms in total. The van der Waals surface area contributed by atoms with E-state index < -0.39 is 17.6 Å². The molecule has 7 heteroatoms. The minimum absolute atomic E-state index is 0.186. The molecule has 3 rings (SSSR count). The van der Waals surface area contributed by atoms with E-state index in [9.17, 15) is 9.59 Å². The molecule has 1 spiro atoms. The molecule has 2 heterocycles. The van der Waals surface area contributed by atoms with Crippen LogP contribution in [0, 0.1) is 0 Å². The van der Waals surface area contributed by atoms with E-state index >= 15 is 0 Å². The maximum absolute atomic E-state index is 11.7. The van der Waals surface area contributed by atoms with Crippen LogP contribution in [-0.4, -0.2) is 36.9 Å². The number of hydrogen-bond acceptors (Lipinski definition) is 5. The Hall–Kier alpha value is -1.86. The molecule has 0 aromatic carbocycles. The Morgan fingerprint density at radius 3 is 2.73 bits per heavy atom. The second-order valence-corrected chi connectivity index (χ2v) is 5.64. The minimum Gasteiger partial charge on any atom is -0.467 e. The zero-order valence-electron chi connectivity index (χ0n) is 12.3. The summed E-state index contributed by atoms with van der Waals surface area (Å²) in [7, 11) is 0. The van der Waals surface area contributed by atoms with Crippen LogP contribution in [0.1, 0.15) is 31.4 Å². The first kappa shape index (κ1) is 15.1. The molecule has 0 bridgehead atoms. The van der Waals surface area contributed by atoms with Gasteiger partial charge in [0.05, 0.1) is 19.4 Å². The second-order valence-electron chi connectivity index (χ2n) is 5.64. The molecule has 2 N–H and O–H groups in total. The molecule has 0 radical (unpaired) electrons. The largest absolute Gasteiger partial charge is 0.467 e. The molecular weight excluding hydrogens is 288 g/mol. The van der Waals surface area contributed by atoms with E-state index in [1.54, 1.807) is 12.1 Å². The molecule has 1 aromatic rings. The highest BCUT2D eigenvalue weighted by Gasteiger charge is 2.43. The first-order valence-corrected chi connectivity index (χ1v) is 7.57. The zero-order valence-corrected chi connectivity index (χ0v) is 12.3. The number of ether oxygens (including phenoxy) is 2. The molecule has 1 saturated heterocycles. The lowest BCUT2D eigenvalue weighted by Gasteiger charge is -2.21. The summed E-state index contributed by atoms with van der Waals surface area (Å²) in [5.41, 5.74) is 0. The molecular formula is C15H20N2O5. The Morgan fingerprint density at radius 2 is 2.00 bits per heavy atom. The lowest BCUT2D eigenvalue weighted by atomic mass is 10.2. The number of furan rings is 1. The summed E-state index contributed by atoms with van der Waals surface area (Å²) < 4.78 is 16.7. The highest BCUT2D eigenvalue weighted by molar-refractivity contribution is 6.35. The van der Waals surface area contributed by atoms with Crippen molar-refractivity contribution in [1.29, 1.82) is 0 Å². The molecule has 1 unspecified atom stereocenters. The smallest absolute Gasteiger partial charge is 0.309 e. The van der Waals surface area contributed by atoms with Crippen LogP contribution in [0.3, 0.4) is 0 Å². The van der Waals surface area contributed by atoms with E-state index in [-0.39, 0.29) is 19.2 Å². The van der Waals surface area contributed by atoms with Crippen molar-refractivity contribution in [2.75, 3.05) is 13.2 Å². The first-order chi connectivity index (χ1) is 10.7. The third-order valence-corrected chi connectivity index (χ3v) is 3.98. The fraction of sp³-hybridized carbons (Fsp3) is 0.600. The summed E-state index contributed by atoms with van der Waals surface area (Å²) in [5, 5.41) is 5.07. The van der Waals surface area contributed by atoms with Crippen LogP contribution >= 0.6 is 0 Å². The van der Waals surface area contributed by atoms with E-state index in [1.807, 2.05) is 0 Å². The average molecular weight is 308 g/mol. The third-order valence-electron chi connectivity index (χ3n) is 3.98. The highest BCUT2D eigenvalue weighted by atomic mass is 16.7. The Bertz CT molecular complexity index is 522. The van der Waals surface area contributed by atoms with Gasteiger partial charge in [-0.2, -0.15) is 0 Å². The van der Waals surface area contributed by atoms with Crippen LogP contribution in [0.15, 0.2) is 22.8 Å². The number of carbonyl (C=O) groups excluding carboxylic acids is 2. The molecule has 1 aliphatic carbocycles. The van der Waals surface area contributed by atoms with Gasteiger partial charge < -0.3 is 24.5 Å². The van der Waals surface area contributed by atoms with Crippen LogP contribution < -0.4 is 10.6 Å². The summed E-state index contributed by atoms with van der Waals surface area (Å²) in [5.74, 6) is -1.22. The van der Waals surface area contributed by atoms with Crippen molar-refractivity contribution >= 4 is 11.8 Å². The molecule has 22 heavy (non-hydrogen) atoms. The van der Waals surface area contributed by atoms with E-state index in [0.717, 1.165) is 25.7 Å². The summed E-state index contributed by atoms with van der Waals surface area (Å²) >= 11 is 0. The maximum Gasteiger partial charge on any atom is 0.309 e. The first-order valence-electron chi connectivity index (χ1n) is 7.57. The van der Waals surface area contributed by atoms with Gasteiger partial charge in [0.1, 0.15) is 11.9 Å². The molecule has 1 saturated carbocycles. The van der Waals surface area contributed by atoms with Crippen LogP contribution in [-0.2, 0) is 25.6 Å². The van der Waals surface area contributed by atoms with Crippen LogP contribution in [0.5, 0.6) is 0 Å². The molecule has 120 valence electrons. The van der Waals surface area contributed by atoms with Crippen LogP contribution in [0.25, 0.3) is 0 Å². The maximum atomic E-state index is 11.7. The molecule has 1 atom stereocenters. The van der Waals surface area contributed by atoms with E-state index in [1.165, 1.54) is 6.26 Å². The van der Waals surface area contributed by atoms with Gasteiger partial charge in [-0.1, -0.05) is 0 Å². The molecule has 1 aromatic heterocycles. The molecule has 1 aliphatic heterocycles. The minimum atomic E-state index is -0.689. The van der Waals surface area contributed by atoms with E-state index in [2.05, 4.69) is 10.6 Å². The van der Waals surface area contributed by atoms with Gasteiger partial charge in [-0.3, -0.25) is 9.59 Å². The molecule has 2 amide bonds. The summed E-state index contributed by atoms with van der Waals surface area (Å²) in [6.07, 6.45) is 5.34. The molecule has 2 fully saturated rings. The normalized spacial score (nSPS) is 22.8. The Labute approximate surface area is 128 Å². The van der Waals surface area contributed by atoms with E-state index in [4.69, 9.17) is 13.9 Å². The zero-order chi connectivity index (χ0) is 15.4. The Balaban J connectivity index is 1.38. The van der Waals surface area contributed by atoms with Gasteiger partial charge in [0, 0.05) is 19.4 Å². The van der Waals surface area contributed by atoms with Crippen molar-refractivity contribution in [3.05, 3.63) is 24.2 Å². The van der Waals surface area contributed by atoms with Crippen molar-refractivity contribution in [3.8, 4) is 0 Å². The van der Waals surface area contributed by atoms with Gasteiger partial charge in [-0.15, -0.1) is 0 Å². The standard InChI is InChI=1S/C15H20N2O5/c18-13(16-8-11-4-3-7-20-11)14(19)17-9-12-10-21-15(22-12)5-1-2-6-15/h3-4,7,12H,1-2,5-6,8-10H2,(H,16,18)(H,17,19). The number of hydrogen-bond donors (Lipinski definition) is 2. The lowest BCUT2D eigenvalue weighted by molar-refractivity contribution is -0.161. The fourth-order valence-electron chi connectivity index (χ4n) is 2.84. The van der Waals surface area contributed by atoms with Gasteiger partial charge in [0.2, 0.25) is 0 Å². The Morgan fingerprint density at radius 1 is 1.23 bits per heavy atom. The van der Waals surface area contributed by atoms with Crippen LogP contribution in [0.2, 0.25) is 0 Å². The second kappa shape index (κ2) is 6.50.